The van der Waals surface area contributed by atoms with Crippen molar-refractivity contribution in [3.8, 4) is 23.2 Å². The number of aromatic nitrogens is 4. The Labute approximate surface area is 185 Å². The molecule has 2 aromatic carbocycles. The van der Waals surface area contributed by atoms with Crippen molar-refractivity contribution in [3.63, 3.8) is 0 Å². The van der Waals surface area contributed by atoms with Gasteiger partial charge in [0.15, 0.2) is 0 Å². The van der Waals surface area contributed by atoms with Gasteiger partial charge in [-0.25, -0.2) is 23.4 Å². The number of imidazole rings is 1. The van der Waals surface area contributed by atoms with Gasteiger partial charge in [0, 0.05) is 24.1 Å². The van der Waals surface area contributed by atoms with Crippen molar-refractivity contribution in [3.05, 3.63) is 78.6 Å². The van der Waals surface area contributed by atoms with Gasteiger partial charge in [0.1, 0.15) is 34.4 Å². The lowest BCUT2D eigenvalue weighted by molar-refractivity contribution is 0.402. The molecule has 9 nitrogen and oxygen atoms in total. The van der Waals surface area contributed by atoms with Crippen LogP contribution >= 0.6 is 0 Å². The Kier molecular flexibility index (Phi) is 5.78. The largest absolute Gasteiger partial charge is 0.495 e. The molecule has 4 rings (SSSR count). The van der Waals surface area contributed by atoms with Gasteiger partial charge in [0.2, 0.25) is 5.88 Å². The summed E-state index contributed by atoms with van der Waals surface area (Å²) in [4.78, 5) is 12.6. The van der Waals surface area contributed by atoms with E-state index in [-0.39, 0.29) is 10.6 Å². The van der Waals surface area contributed by atoms with E-state index in [2.05, 4.69) is 19.7 Å². The third kappa shape index (κ3) is 4.54. The molecule has 32 heavy (non-hydrogen) atoms. The van der Waals surface area contributed by atoms with E-state index >= 15 is 0 Å². The molecule has 1 N–H and O–H groups in total. The van der Waals surface area contributed by atoms with E-state index in [1.807, 2.05) is 18.4 Å². The van der Waals surface area contributed by atoms with Crippen molar-refractivity contribution >= 4 is 15.7 Å². The predicted octanol–water partition coefficient (Wildman–Crippen LogP) is 3.88. The summed E-state index contributed by atoms with van der Waals surface area (Å²) in [5.74, 6) is 2.53. The Hall–Kier alpha value is -3.92. The summed E-state index contributed by atoms with van der Waals surface area (Å²) >= 11 is 0. The highest BCUT2D eigenvalue weighted by Gasteiger charge is 2.20. The molecule has 10 heteroatoms. The number of methoxy groups -OCH3 is 1. The van der Waals surface area contributed by atoms with Gasteiger partial charge < -0.3 is 9.47 Å². The Morgan fingerprint density at radius 3 is 2.44 bits per heavy atom. The quantitative estimate of drug-likeness (QED) is 0.454. The Morgan fingerprint density at radius 1 is 0.969 bits per heavy atom. The Morgan fingerprint density at radius 2 is 1.75 bits per heavy atom. The number of ether oxygens (including phenoxy) is 2. The van der Waals surface area contributed by atoms with Crippen LogP contribution < -0.4 is 14.2 Å². The number of benzene rings is 2. The minimum absolute atomic E-state index is 0.0728. The van der Waals surface area contributed by atoms with Crippen LogP contribution in [0.2, 0.25) is 0 Å². The van der Waals surface area contributed by atoms with Crippen molar-refractivity contribution in [2.24, 2.45) is 0 Å². The van der Waals surface area contributed by atoms with Crippen LogP contribution in [0.15, 0.2) is 72.1 Å². The van der Waals surface area contributed by atoms with E-state index in [1.165, 1.54) is 13.4 Å². The van der Waals surface area contributed by atoms with Gasteiger partial charge in [-0.05, 0) is 55.8 Å². The summed E-state index contributed by atoms with van der Waals surface area (Å²) in [6, 6.07) is 13.2. The maximum Gasteiger partial charge on any atom is 0.265 e. The van der Waals surface area contributed by atoms with E-state index < -0.39 is 10.0 Å². The van der Waals surface area contributed by atoms with Crippen LogP contribution in [0.5, 0.6) is 17.4 Å². The molecular formula is C22H21N5O4S. The summed E-state index contributed by atoms with van der Waals surface area (Å²) in [6.45, 7) is 3.69. The number of hydrogen-bond donors (Lipinski definition) is 1. The molecule has 0 atom stereocenters. The van der Waals surface area contributed by atoms with Crippen LogP contribution in [-0.2, 0) is 10.0 Å². The smallest absolute Gasteiger partial charge is 0.265 e. The van der Waals surface area contributed by atoms with Gasteiger partial charge in [0.25, 0.3) is 10.0 Å². The molecule has 0 fully saturated rings. The molecule has 164 valence electrons. The molecule has 0 aliphatic heterocycles. The maximum atomic E-state index is 12.8. The lowest BCUT2D eigenvalue weighted by Crippen LogP contribution is -2.14. The lowest BCUT2D eigenvalue weighted by atomic mass is 10.2. The van der Waals surface area contributed by atoms with E-state index in [4.69, 9.17) is 9.47 Å². The van der Waals surface area contributed by atoms with Crippen molar-refractivity contribution in [2.45, 2.75) is 18.7 Å². The molecule has 0 radical (unpaired) electrons. The first-order chi connectivity index (χ1) is 15.4. The summed E-state index contributed by atoms with van der Waals surface area (Å²) in [5, 5.41) is 0. The fourth-order valence-electron chi connectivity index (χ4n) is 3.05. The van der Waals surface area contributed by atoms with Crippen LogP contribution in [0.4, 0.5) is 5.69 Å². The third-order valence-electron chi connectivity index (χ3n) is 4.64. The molecule has 0 aliphatic rings. The zero-order valence-corrected chi connectivity index (χ0v) is 18.5. The number of nitrogens with one attached hydrogen (secondary N) is 1. The molecule has 0 bridgehead atoms. The van der Waals surface area contributed by atoms with E-state index in [9.17, 15) is 8.42 Å². The maximum absolute atomic E-state index is 12.8. The molecule has 0 saturated heterocycles. The van der Waals surface area contributed by atoms with Crippen LogP contribution in [0.1, 0.15) is 11.4 Å². The predicted molar refractivity (Wildman–Crippen MR) is 119 cm³/mol. The van der Waals surface area contributed by atoms with E-state index in [0.29, 0.717) is 23.1 Å². The van der Waals surface area contributed by atoms with Crippen LogP contribution in [0.25, 0.3) is 5.82 Å². The second kappa shape index (κ2) is 8.67. The third-order valence-corrected chi connectivity index (χ3v) is 6.04. The fraction of sp³-hybridized carbons (Fsp3) is 0.136. The van der Waals surface area contributed by atoms with Crippen LogP contribution in [-0.4, -0.2) is 35.0 Å². The van der Waals surface area contributed by atoms with Gasteiger partial charge in [-0.3, -0.25) is 9.29 Å². The average Bonchev–Trinajstić information content (AvgIpc) is 3.21. The fourth-order valence-corrected chi connectivity index (χ4v) is 4.37. The Bertz CT molecular complexity index is 1350. The van der Waals surface area contributed by atoms with Gasteiger partial charge in [0.05, 0.1) is 7.11 Å². The summed E-state index contributed by atoms with van der Waals surface area (Å²) in [5.41, 5.74) is 1.20. The molecule has 2 aromatic heterocycles. The summed E-state index contributed by atoms with van der Waals surface area (Å²) in [7, 11) is -2.40. The number of hydrogen-bond acceptors (Lipinski definition) is 7. The number of anilines is 1. The molecule has 4 aromatic rings. The number of nitrogens with zero attached hydrogens (tertiary/aromatic N) is 4. The standard InChI is InChI=1S/C22H21N5O4S/c1-15-4-9-19(30-3)20(12-15)32(28,29)26-17-5-7-18(8-6-17)31-22-13-21(24-14-25-22)27-11-10-23-16(27)2/h4-14,26H,1-3H3. The number of sulfonamides is 1. The zero-order chi connectivity index (χ0) is 22.7. The molecule has 0 unspecified atom stereocenters. The normalized spacial score (nSPS) is 11.2. The van der Waals surface area contributed by atoms with Crippen molar-refractivity contribution < 1.29 is 17.9 Å². The topological polar surface area (TPSA) is 108 Å². The molecule has 0 aliphatic carbocycles. The molecular weight excluding hydrogens is 430 g/mol. The van der Waals surface area contributed by atoms with Gasteiger partial charge in [-0.2, -0.15) is 0 Å². The average molecular weight is 452 g/mol. The van der Waals surface area contributed by atoms with Crippen LogP contribution in [0.3, 0.4) is 0 Å². The first kappa shape index (κ1) is 21.3. The first-order valence-electron chi connectivity index (χ1n) is 9.63. The summed E-state index contributed by atoms with van der Waals surface area (Å²) < 4.78 is 41.0. The molecule has 0 saturated carbocycles. The van der Waals surface area contributed by atoms with E-state index in [0.717, 1.165) is 11.4 Å². The molecule has 2 heterocycles. The van der Waals surface area contributed by atoms with Gasteiger partial charge >= 0.3 is 0 Å². The first-order valence-corrected chi connectivity index (χ1v) is 11.1. The van der Waals surface area contributed by atoms with Gasteiger partial charge in [-0.15, -0.1) is 0 Å². The van der Waals surface area contributed by atoms with Crippen molar-refractivity contribution in [1.29, 1.82) is 0 Å². The van der Waals surface area contributed by atoms with Gasteiger partial charge in [-0.1, -0.05) is 6.07 Å². The van der Waals surface area contributed by atoms with Crippen molar-refractivity contribution in [2.75, 3.05) is 11.8 Å². The van der Waals surface area contributed by atoms with Crippen molar-refractivity contribution in [1.82, 2.24) is 19.5 Å². The minimum atomic E-state index is -3.83. The number of aryl methyl sites for hydroxylation is 2. The second-order valence-electron chi connectivity index (χ2n) is 6.95. The monoisotopic (exact) mass is 451 g/mol. The van der Waals surface area contributed by atoms with Crippen LogP contribution in [0, 0.1) is 13.8 Å². The number of rotatable bonds is 7. The van der Waals surface area contributed by atoms with E-state index in [1.54, 1.807) is 60.9 Å². The Balaban J connectivity index is 1.51. The highest BCUT2D eigenvalue weighted by atomic mass is 32.2. The minimum Gasteiger partial charge on any atom is -0.495 e. The lowest BCUT2D eigenvalue weighted by Gasteiger charge is -2.13. The highest BCUT2D eigenvalue weighted by molar-refractivity contribution is 7.92. The summed E-state index contributed by atoms with van der Waals surface area (Å²) in [6.07, 6.45) is 4.89. The second-order valence-corrected chi connectivity index (χ2v) is 8.60. The SMILES string of the molecule is COc1ccc(C)cc1S(=O)(=O)Nc1ccc(Oc2cc(-n3ccnc3C)ncn2)cc1. The molecule has 0 amide bonds. The zero-order valence-electron chi connectivity index (χ0n) is 17.7. The molecule has 0 spiro atoms. The highest BCUT2D eigenvalue weighted by Crippen LogP contribution is 2.28.